The summed E-state index contributed by atoms with van der Waals surface area (Å²) in [6.45, 7) is 4.41. The predicted octanol–water partition coefficient (Wildman–Crippen LogP) is 5.07. The van der Waals surface area contributed by atoms with Crippen LogP contribution in [0.3, 0.4) is 0 Å². The zero-order valence-corrected chi connectivity index (χ0v) is 15.9. The highest BCUT2D eigenvalue weighted by molar-refractivity contribution is 9.10. The summed E-state index contributed by atoms with van der Waals surface area (Å²) in [6.07, 6.45) is 0.223. The number of oxazole rings is 1. The molecule has 3 aromatic rings. The molecule has 0 unspecified atom stereocenters. The number of aromatic nitrogens is 1. The van der Waals surface area contributed by atoms with Crippen LogP contribution in [0.2, 0.25) is 0 Å². The van der Waals surface area contributed by atoms with Crippen LogP contribution >= 0.6 is 27.3 Å². The molecule has 124 valence electrons. The molecule has 0 aliphatic rings. The Morgan fingerprint density at radius 1 is 1.33 bits per heavy atom. The van der Waals surface area contributed by atoms with Crippen LogP contribution in [0.5, 0.6) is 0 Å². The van der Waals surface area contributed by atoms with Gasteiger partial charge in [0.2, 0.25) is 11.8 Å². The van der Waals surface area contributed by atoms with Crippen molar-refractivity contribution in [1.29, 1.82) is 0 Å². The lowest BCUT2D eigenvalue weighted by Crippen LogP contribution is -2.32. The number of thiophene rings is 1. The van der Waals surface area contributed by atoms with E-state index in [1.807, 2.05) is 55.6 Å². The molecular formula is C18H17BrN2O2S. The maximum Gasteiger partial charge on any atom is 0.236 e. The van der Waals surface area contributed by atoms with Crippen molar-refractivity contribution in [3.63, 3.8) is 0 Å². The number of aryl methyl sites for hydroxylation is 1. The summed E-state index contributed by atoms with van der Waals surface area (Å²) in [5.41, 5.74) is 1.56. The summed E-state index contributed by atoms with van der Waals surface area (Å²) < 4.78 is 6.67. The van der Waals surface area contributed by atoms with Gasteiger partial charge in [-0.1, -0.05) is 28.1 Å². The van der Waals surface area contributed by atoms with Crippen LogP contribution in [-0.2, 0) is 11.2 Å². The van der Waals surface area contributed by atoms with Gasteiger partial charge in [-0.05, 0) is 43.5 Å². The van der Waals surface area contributed by atoms with Crippen LogP contribution in [0, 0.1) is 6.92 Å². The topological polar surface area (TPSA) is 46.3 Å². The Balaban J connectivity index is 1.81. The maximum atomic E-state index is 12.7. The number of benzene rings is 1. The molecule has 24 heavy (non-hydrogen) atoms. The van der Waals surface area contributed by atoms with Crippen molar-refractivity contribution in [2.24, 2.45) is 0 Å². The van der Waals surface area contributed by atoms with E-state index in [0.717, 1.165) is 15.0 Å². The summed E-state index contributed by atoms with van der Waals surface area (Å²) in [4.78, 5) is 20.0. The third-order valence-electron chi connectivity index (χ3n) is 3.68. The molecule has 2 heterocycles. The van der Waals surface area contributed by atoms with Gasteiger partial charge in [0.05, 0.1) is 17.0 Å². The number of nitrogens with zero attached hydrogens (tertiary/aromatic N) is 2. The Morgan fingerprint density at radius 2 is 2.17 bits per heavy atom. The Bertz CT molecular complexity index is 843. The van der Waals surface area contributed by atoms with Gasteiger partial charge in [-0.25, -0.2) is 4.98 Å². The molecule has 0 saturated carbocycles. The van der Waals surface area contributed by atoms with E-state index in [0.29, 0.717) is 23.9 Å². The Morgan fingerprint density at radius 3 is 2.83 bits per heavy atom. The van der Waals surface area contributed by atoms with Crippen molar-refractivity contribution in [3.05, 3.63) is 57.7 Å². The van der Waals surface area contributed by atoms with Crippen molar-refractivity contribution in [3.8, 4) is 10.8 Å². The van der Waals surface area contributed by atoms with Gasteiger partial charge in [0, 0.05) is 16.7 Å². The first-order valence-electron chi connectivity index (χ1n) is 7.64. The first-order valence-corrected chi connectivity index (χ1v) is 9.32. The fraction of sp³-hybridized carbons (Fsp3) is 0.222. The van der Waals surface area contributed by atoms with E-state index in [9.17, 15) is 4.79 Å². The monoisotopic (exact) mass is 404 g/mol. The van der Waals surface area contributed by atoms with Crippen LogP contribution < -0.4 is 4.90 Å². The molecule has 2 aromatic heterocycles. The molecule has 0 saturated heterocycles. The van der Waals surface area contributed by atoms with Gasteiger partial charge in [-0.3, -0.25) is 4.79 Å². The summed E-state index contributed by atoms with van der Waals surface area (Å²) in [7, 11) is 0. The molecule has 0 radical (unpaired) electrons. The first-order chi connectivity index (χ1) is 11.6. The molecule has 1 amide bonds. The summed E-state index contributed by atoms with van der Waals surface area (Å²) in [5, 5.41) is 1.98. The number of hydrogen-bond donors (Lipinski definition) is 0. The number of hydrogen-bond acceptors (Lipinski definition) is 4. The van der Waals surface area contributed by atoms with E-state index < -0.39 is 0 Å². The molecule has 0 bridgehead atoms. The second-order valence-corrected chi connectivity index (χ2v) is 7.16. The van der Waals surface area contributed by atoms with Crippen molar-refractivity contribution < 1.29 is 9.21 Å². The SMILES string of the molecule is CCN(C(=O)Cc1nc(-c2cccs2)oc1C)c1cccc(Br)c1. The second kappa shape index (κ2) is 7.32. The predicted molar refractivity (Wildman–Crippen MR) is 100 cm³/mol. The second-order valence-electron chi connectivity index (χ2n) is 5.29. The Labute approximate surface area is 153 Å². The summed E-state index contributed by atoms with van der Waals surface area (Å²) in [6, 6.07) is 11.6. The van der Waals surface area contributed by atoms with Crippen molar-refractivity contribution in [2.75, 3.05) is 11.4 Å². The molecule has 3 rings (SSSR count). The average molecular weight is 405 g/mol. The highest BCUT2D eigenvalue weighted by atomic mass is 79.9. The van der Waals surface area contributed by atoms with E-state index in [1.165, 1.54) is 0 Å². The van der Waals surface area contributed by atoms with Crippen molar-refractivity contribution in [2.45, 2.75) is 20.3 Å². The molecular weight excluding hydrogens is 388 g/mol. The van der Waals surface area contributed by atoms with E-state index in [1.54, 1.807) is 16.2 Å². The third-order valence-corrected chi connectivity index (χ3v) is 5.03. The van der Waals surface area contributed by atoms with Gasteiger partial charge in [0.1, 0.15) is 5.76 Å². The molecule has 0 atom stereocenters. The maximum absolute atomic E-state index is 12.7. The number of rotatable bonds is 5. The van der Waals surface area contributed by atoms with E-state index >= 15 is 0 Å². The Hall–Kier alpha value is -1.92. The zero-order chi connectivity index (χ0) is 17.1. The lowest BCUT2D eigenvalue weighted by atomic mass is 10.2. The van der Waals surface area contributed by atoms with Gasteiger partial charge in [-0.2, -0.15) is 0 Å². The van der Waals surface area contributed by atoms with Gasteiger partial charge >= 0.3 is 0 Å². The average Bonchev–Trinajstić information content (AvgIpc) is 3.19. The van der Waals surface area contributed by atoms with Crippen LogP contribution in [0.4, 0.5) is 5.69 Å². The number of carbonyl (C=O) groups is 1. The fourth-order valence-corrected chi connectivity index (χ4v) is 3.52. The smallest absolute Gasteiger partial charge is 0.236 e. The molecule has 0 fully saturated rings. The molecule has 0 spiro atoms. The van der Waals surface area contributed by atoms with Crippen LogP contribution in [0.1, 0.15) is 18.4 Å². The van der Waals surface area contributed by atoms with Gasteiger partial charge in [0.25, 0.3) is 0 Å². The zero-order valence-electron chi connectivity index (χ0n) is 13.5. The van der Waals surface area contributed by atoms with Gasteiger partial charge < -0.3 is 9.32 Å². The number of halogens is 1. The summed E-state index contributed by atoms with van der Waals surface area (Å²) >= 11 is 5.02. The highest BCUT2D eigenvalue weighted by Crippen LogP contribution is 2.27. The minimum atomic E-state index is 0.00438. The Kier molecular flexibility index (Phi) is 5.16. The number of anilines is 1. The quantitative estimate of drug-likeness (QED) is 0.596. The fourth-order valence-electron chi connectivity index (χ4n) is 2.48. The summed E-state index contributed by atoms with van der Waals surface area (Å²) in [5.74, 6) is 1.28. The standard InChI is InChI=1S/C18H17BrN2O2S/c1-3-21(14-7-4-6-13(19)10-14)17(22)11-15-12(2)23-18(20-15)16-8-5-9-24-16/h4-10H,3,11H2,1-2H3. The van der Waals surface area contributed by atoms with E-state index in [2.05, 4.69) is 20.9 Å². The molecule has 4 nitrogen and oxygen atoms in total. The van der Waals surface area contributed by atoms with Gasteiger partial charge in [0.15, 0.2) is 0 Å². The normalized spacial score (nSPS) is 10.8. The first kappa shape index (κ1) is 16.9. The van der Waals surface area contributed by atoms with Crippen LogP contribution in [0.15, 0.2) is 50.7 Å². The largest absolute Gasteiger partial charge is 0.440 e. The van der Waals surface area contributed by atoms with Crippen LogP contribution in [0.25, 0.3) is 10.8 Å². The lowest BCUT2D eigenvalue weighted by Gasteiger charge is -2.21. The molecule has 0 aliphatic carbocycles. The third kappa shape index (κ3) is 3.60. The van der Waals surface area contributed by atoms with Gasteiger partial charge in [-0.15, -0.1) is 11.3 Å². The van der Waals surface area contributed by atoms with Crippen molar-refractivity contribution >= 4 is 38.9 Å². The van der Waals surface area contributed by atoms with E-state index in [4.69, 9.17) is 4.42 Å². The number of amides is 1. The molecule has 0 aliphatic heterocycles. The molecule has 6 heteroatoms. The minimum Gasteiger partial charge on any atom is -0.440 e. The highest BCUT2D eigenvalue weighted by Gasteiger charge is 2.19. The molecule has 1 aromatic carbocycles. The number of carbonyl (C=O) groups excluding carboxylic acids is 1. The lowest BCUT2D eigenvalue weighted by molar-refractivity contribution is -0.118. The van der Waals surface area contributed by atoms with E-state index in [-0.39, 0.29) is 12.3 Å². The minimum absolute atomic E-state index is 0.00438. The number of likely N-dealkylation sites (N-methyl/N-ethyl adjacent to an activating group) is 1. The molecule has 0 N–H and O–H groups in total. The van der Waals surface area contributed by atoms with Crippen LogP contribution in [-0.4, -0.2) is 17.4 Å². The van der Waals surface area contributed by atoms with Crippen molar-refractivity contribution in [1.82, 2.24) is 4.98 Å².